The number of rotatable bonds is 3. The molecule has 1 unspecified atom stereocenters. The van der Waals surface area contributed by atoms with Crippen molar-refractivity contribution in [2.24, 2.45) is 5.41 Å². The summed E-state index contributed by atoms with van der Waals surface area (Å²) >= 11 is 0. The normalized spacial score (nSPS) is 19.4. The van der Waals surface area contributed by atoms with Gasteiger partial charge in [0.05, 0.1) is 6.42 Å². The first kappa shape index (κ1) is 12.0. The number of carboxylic acid groups (broad SMARTS) is 1. The Morgan fingerprint density at radius 2 is 2.13 bits per heavy atom. The second-order valence-corrected chi connectivity index (χ2v) is 5.17. The van der Waals surface area contributed by atoms with Crippen molar-refractivity contribution in [3.63, 3.8) is 0 Å². The van der Waals surface area contributed by atoms with E-state index < -0.39 is 5.97 Å². The van der Waals surface area contributed by atoms with Crippen molar-refractivity contribution in [1.29, 1.82) is 0 Å². The minimum Gasteiger partial charge on any atom is -0.481 e. The summed E-state index contributed by atoms with van der Waals surface area (Å²) in [6, 6.07) is -0.190. The van der Waals surface area contributed by atoms with E-state index in [-0.39, 0.29) is 23.8 Å². The lowest BCUT2D eigenvalue weighted by Crippen LogP contribution is -2.45. The zero-order valence-corrected chi connectivity index (χ0v) is 9.62. The lowest BCUT2D eigenvalue weighted by atomic mass is 9.83. The van der Waals surface area contributed by atoms with Crippen molar-refractivity contribution in [3.05, 3.63) is 0 Å². The molecule has 1 aliphatic heterocycles. The van der Waals surface area contributed by atoms with Crippen LogP contribution >= 0.6 is 0 Å². The number of amides is 1. The maximum Gasteiger partial charge on any atom is 0.305 e. The Balaban J connectivity index is 2.80. The summed E-state index contributed by atoms with van der Waals surface area (Å²) in [5, 5.41) is 8.86. The van der Waals surface area contributed by atoms with Crippen LogP contribution in [0.1, 0.15) is 40.0 Å². The molecular weight excluding hydrogens is 194 g/mol. The summed E-state index contributed by atoms with van der Waals surface area (Å²) in [6.45, 7) is 6.64. The molecule has 0 aliphatic carbocycles. The second-order valence-electron chi connectivity index (χ2n) is 5.17. The van der Waals surface area contributed by atoms with Gasteiger partial charge in [0.25, 0.3) is 0 Å². The fourth-order valence-corrected chi connectivity index (χ4v) is 2.05. The highest BCUT2D eigenvalue weighted by molar-refractivity contribution is 5.79. The quantitative estimate of drug-likeness (QED) is 0.772. The molecule has 1 rings (SSSR count). The van der Waals surface area contributed by atoms with E-state index in [1.807, 2.05) is 20.8 Å². The Bertz CT molecular complexity index is 267. The van der Waals surface area contributed by atoms with Gasteiger partial charge < -0.3 is 10.0 Å². The Hall–Kier alpha value is -1.06. The molecule has 0 aromatic heterocycles. The van der Waals surface area contributed by atoms with E-state index in [2.05, 4.69) is 0 Å². The van der Waals surface area contributed by atoms with Crippen LogP contribution in [0.4, 0.5) is 0 Å². The van der Waals surface area contributed by atoms with E-state index in [1.54, 1.807) is 4.90 Å². The molecule has 1 aliphatic rings. The third kappa shape index (κ3) is 2.94. The van der Waals surface area contributed by atoms with Crippen LogP contribution in [-0.4, -0.2) is 34.5 Å². The fraction of sp³-hybridized carbons (Fsp3) is 0.818. The fourth-order valence-electron chi connectivity index (χ4n) is 2.05. The average Bonchev–Trinajstić information content (AvgIpc) is 2.45. The Morgan fingerprint density at radius 3 is 2.47 bits per heavy atom. The van der Waals surface area contributed by atoms with Gasteiger partial charge in [-0.2, -0.15) is 0 Å². The predicted octanol–water partition coefficient (Wildman–Crippen LogP) is 1.50. The lowest BCUT2D eigenvalue weighted by Gasteiger charge is -2.37. The summed E-state index contributed by atoms with van der Waals surface area (Å²) in [5.74, 6) is -0.745. The van der Waals surface area contributed by atoms with Crippen LogP contribution in [0.3, 0.4) is 0 Å². The van der Waals surface area contributed by atoms with Gasteiger partial charge in [-0.25, -0.2) is 0 Å². The van der Waals surface area contributed by atoms with Gasteiger partial charge in [0.2, 0.25) is 5.91 Å². The number of aliphatic carboxylic acids is 1. The molecule has 15 heavy (non-hydrogen) atoms. The highest BCUT2D eigenvalue weighted by atomic mass is 16.4. The van der Waals surface area contributed by atoms with Gasteiger partial charge in [0.15, 0.2) is 0 Å². The molecule has 0 saturated carbocycles. The zero-order valence-electron chi connectivity index (χ0n) is 9.62. The van der Waals surface area contributed by atoms with E-state index in [0.29, 0.717) is 13.0 Å². The topological polar surface area (TPSA) is 57.6 Å². The highest BCUT2D eigenvalue weighted by Crippen LogP contribution is 2.30. The van der Waals surface area contributed by atoms with Gasteiger partial charge in [-0.1, -0.05) is 20.8 Å². The number of carbonyl (C=O) groups excluding carboxylic acids is 1. The predicted molar refractivity (Wildman–Crippen MR) is 56.4 cm³/mol. The molecule has 0 radical (unpaired) electrons. The van der Waals surface area contributed by atoms with Crippen molar-refractivity contribution in [2.75, 3.05) is 6.54 Å². The Labute approximate surface area is 90.3 Å². The minimum absolute atomic E-state index is 0.0369. The second kappa shape index (κ2) is 4.21. The summed E-state index contributed by atoms with van der Waals surface area (Å²) in [5.41, 5.74) is -0.182. The molecule has 4 nitrogen and oxygen atoms in total. The van der Waals surface area contributed by atoms with E-state index in [1.165, 1.54) is 0 Å². The summed E-state index contributed by atoms with van der Waals surface area (Å²) < 4.78 is 0. The first-order chi connectivity index (χ1) is 6.82. The van der Waals surface area contributed by atoms with Crippen LogP contribution in [0.15, 0.2) is 0 Å². The summed E-state index contributed by atoms with van der Waals surface area (Å²) in [7, 11) is 0. The molecule has 1 fully saturated rings. The number of carboxylic acids is 1. The number of hydrogen-bond donors (Lipinski definition) is 1. The van der Waals surface area contributed by atoms with Crippen LogP contribution in [0.5, 0.6) is 0 Å². The smallest absolute Gasteiger partial charge is 0.305 e. The SMILES string of the molecule is CC(C)(C)C(CC(=O)O)N1CCCC1=O. The maximum absolute atomic E-state index is 11.6. The molecule has 0 aromatic rings. The van der Waals surface area contributed by atoms with Crippen LogP contribution in [-0.2, 0) is 9.59 Å². The van der Waals surface area contributed by atoms with E-state index >= 15 is 0 Å². The van der Waals surface area contributed by atoms with Gasteiger partial charge in [-0.3, -0.25) is 9.59 Å². The van der Waals surface area contributed by atoms with Crippen LogP contribution in [0.2, 0.25) is 0 Å². The van der Waals surface area contributed by atoms with Gasteiger partial charge in [0.1, 0.15) is 0 Å². The molecule has 1 N–H and O–H groups in total. The molecule has 0 aromatic carbocycles. The van der Waals surface area contributed by atoms with Gasteiger partial charge in [0, 0.05) is 19.0 Å². The van der Waals surface area contributed by atoms with Gasteiger partial charge in [-0.05, 0) is 11.8 Å². The third-order valence-corrected chi connectivity index (χ3v) is 2.85. The Kier molecular flexibility index (Phi) is 3.37. The number of carbonyl (C=O) groups is 2. The van der Waals surface area contributed by atoms with Crippen molar-refractivity contribution in [3.8, 4) is 0 Å². The van der Waals surface area contributed by atoms with Crippen LogP contribution in [0, 0.1) is 5.41 Å². The monoisotopic (exact) mass is 213 g/mol. The first-order valence-electron chi connectivity index (χ1n) is 5.33. The Morgan fingerprint density at radius 1 is 1.53 bits per heavy atom. The molecule has 1 heterocycles. The average molecular weight is 213 g/mol. The van der Waals surface area contributed by atoms with Crippen molar-refractivity contribution < 1.29 is 14.7 Å². The van der Waals surface area contributed by atoms with Crippen LogP contribution < -0.4 is 0 Å². The zero-order chi connectivity index (χ0) is 11.6. The van der Waals surface area contributed by atoms with Gasteiger partial charge in [-0.15, -0.1) is 0 Å². The molecule has 1 atom stereocenters. The van der Waals surface area contributed by atoms with E-state index in [0.717, 1.165) is 6.42 Å². The van der Waals surface area contributed by atoms with Crippen LogP contribution in [0.25, 0.3) is 0 Å². The van der Waals surface area contributed by atoms with Crippen molar-refractivity contribution >= 4 is 11.9 Å². The van der Waals surface area contributed by atoms with E-state index in [4.69, 9.17) is 5.11 Å². The summed E-state index contributed by atoms with van der Waals surface area (Å²) in [4.78, 5) is 24.1. The molecule has 1 saturated heterocycles. The molecular formula is C11H19NO3. The third-order valence-electron chi connectivity index (χ3n) is 2.85. The minimum atomic E-state index is -0.838. The molecule has 86 valence electrons. The standard InChI is InChI=1S/C11H19NO3/c1-11(2,3)8(7-10(14)15)12-6-4-5-9(12)13/h8H,4-7H2,1-3H3,(H,14,15). The molecule has 1 amide bonds. The first-order valence-corrected chi connectivity index (χ1v) is 5.33. The molecule has 0 bridgehead atoms. The van der Waals surface area contributed by atoms with Crippen molar-refractivity contribution in [2.45, 2.75) is 46.1 Å². The summed E-state index contributed by atoms with van der Waals surface area (Å²) in [6.07, 6.45) is 1.45. The van der Waals surface area contributed by atoms with E-state index in [9.17, 15) is 9.59 Å². The number of hydrogen-bond acceptors (Lipinski definition) is 2. The van der Waals surface area contributed by atoms with Crippen molar-refractivity contribution in [1.82, 2.24) is 4.90 Å². The lowest BCUT2D eigenvalue weighted by molar-refractivity contribution is -0.141. The largest absolute Gasteiger partial charge is 0.481 e. The maximum atomic E-state index is 11.6. The molecule has 4 heteroatoms. The highest BCUT2D eigenvalue weighted by Gasteiger charge is 2.36. The number of likely N-dealkylation sites (tertiary alicyclic amines) is 1. The van der Waals surface area contributed by atoms with Gasteiger partial charge >= 0.3 is 5.97 Å². The molecule has 0 spiro atoms. The number of nitrogens with zero attached hydrogens (tertiary/aromatic N) is 1.